The number of methoxy groups -OCH3 is 1. The molecule has 3 aromatic carbocycles. The van der Waals surface area contributed by atoms with Crippen molar-refractivity contribution in [3.8, 4) is 28.4 Å². The number of hydrogen-bond acceptors (Lipinski definition) is 5. The average molecular weight is 474 g/mol. The number of para-hydroxylation sites is 1. The van der Waals surface area contributed by atoms with Gasteiger partial charge in [0.25, 0.3) is 0 Å². The van der Waals surface area contributed by atoms with Gasteiger partial charge in [-0.25, -0.2) is 4.98 Å². The first kappa shape index (κ1) is 23.4. The normalized spacial score (nSPS) is 10.7. The minimum atomic E-state index is -0.0776. The molecule has 0 unspecified atom stereocenters. The van der Waals surface area contributed by atoms with Crippen LogP contribution in [-0.4, -0.2) is 34.9 Å². The molecule has 0 radical (unpaired) electrons. The zero-order chi connectivity index (χ0) is 23.9. The quantitative estimate of drug-likeness (QED) is 0.303. The fraction of sp³-hybridized carbons (Fsp3) is 0.185. The third-order valence-corrected chi connectivity index (χ3v) is 6.19. The van der Waals surface area contributed by atoms with Crippen molar-refractivity contribution >= 4 is 23.4 Å². The molecule has 7 heteroatoms. The molecule has 0 saturated carbocycles. The number of nitrogens with zero attached hydrogens (tertiary/aromatic N) is 2. The van der Waals surface area contributed by atoms with Crippen LogP contribution >= 0.6 is 11.8 Å². The van der Waals surface area contributed by atoms with Crippen LogP contribution in [0.15, 0.2) is 84.1 Å². The van der Waals surface area contributed by atoms with Crippen LogP contribution in [0, 0.1) is 6.92 Å². The summed E-state index contributed by atoms with van der Waals surface area (Å²) < 4.78 is 12.8. The van der Waals surface area contributed by atoms with Crippen LogP contribution in [0.2, 0.25) is 0 Å². The average Bonchev–Trinajstić information content (AvgIpc) is 3.29. The number of imidazole rings is 1. The van der Waals surface area contributed by atoms with Gasteiger partial charge in [0.1, 0.15) is 11.5 Å². The summed E-state index contributed by atoms with van der Waals surface area (Å²) in [5, 5.41) is 3.71. The Morgan fingerprint density at radius 1 is 1.00 bits per heavy atom. The molecule has 1 N–H and O–H groups in total. The second kappa shape index (κ2) is 10.9. The molecule has 0 saturated heterocycles. The molecular formula is C27H27N3O3S. The van der Waals surface area contributed by atoms with Gasteiger partial charge in [0.05, 0.1) is 25.2 Å². The zero-order valence-corrected chi connectivity index (χ0v) is 20.3. The van der Waals surface area contributed by atoms with Crippen LogP contribution in [0.4, 0.5) is 5.69 Å². The third kappa shape index (κ3) is 5.61. The minimum absolute atomic E-state index is 0.0776. The van der Waals surface area contributed by atoms with Crippen LogP contribution in [0.25, 0.3) is 16.9 Å². The van der Waals surface area contributed by atoms with E-state index >= 15 is 0 Å². The topological polar surface area (TPSA) is 65.4 Å². The Morgan fingerprint density at radius 3 is 2.38 bits per heavy atom. The maximum atomic E-state index is 12.6. The summed E-state index contributed by atoms with van der Waals surface area (Å²) in [4.78, 5) is 17.5. The van der Waals surface area contributed by atoms with E-state index in [0.29, 0.717) is 6.61 Å². The second-order valence-electron chi connectivity index (χ2n) is 7.59. The number of carbonyl (C=O) groups is 1. The molecule has 1 aromatic heterocycles. The lowest BCUT2D eigenvalue weighted by Gasteiger charge is -2.09. The van der Waals surface area contributed by atoms with E-state index in [0.717, 1.165) is 44.9 Å². The predicted octanol–water partition coefficient (Wildman–Crippen LogP) is 5.99. The van der Waals surface area contributed by atoms with Crippen molar-refractivity contribution in [2.75, 3.05) is 24.8 Å². The SMILES string of the molecule is CCOc1ccc(-c2cn(-c3ccc(OC)cc3)c(SCC(=O)Nc3ccccc3C)n2)cc1. The summed E-state index contributed by atoms with van der Waals surface area (Å²) >= 11 is 1.40. The molecule has 0 spiro atoms. The van der Waals surface area contributed by atoms with E-state index in [1.807, 2.05) is 97.4 Å². The van der Waals surface area contributed by atoms with Gasteiger partial charge in [0.2, 0.25) is 5.91 Å². The van der Waals surface area contributed by atoms with Gasteiger partial charge in [-0.2, -0.15) is 0 Å². The van der Waals surface area contributed by atoms with Gasteiger partial charge in [-0.15, -0.1) is 0 Å². The van der Waals surface area contributed by atoms with E-state index < -0.39 is 0 Å². The van der Waals surface area contributed by atoms with Crippen LogP contribution < -0.4 is 14.8 Å². The summed E-state index contributed by atoms with van der Waals surface area (Å²) in [7, 11) is 1.64. The summed E-state index contributed by atoms with van der Waals surface area (Å²) in [5.41, 5.74) is 4.58. The molecule has 0 aliphatic rings. The van der Waals surface area contributed by atoms with Crippen molar-refractivity contribution in [3.63, 3.8) is 0 Å². The summed E-state index contributed by atoms with van der Waals surface area (Å²) in [6.07, 6.45) is 1.99. The number of nitrogens with one attached hydrogen (secondary N) is 1. The van der Waals surface area contributed by atoms with Crippen LogP contribution in [0.3, 0.4) is 0 Å². The Kier molecular flexibility index (Phi) is 7.54. The predicted molar refractivity (Wildman–Crippen MR) is 137 cm³/mol. The monoisotopic (exact) mass is 473 g/mol. The molecule has 1 heterocycles. The lowest BCUT2D eigenvalue weighted by molar-refractivity contribution is -0.113. The van der Waals surface area contributed by atoms with Gasteiger partial charge in [-0.05, 0) is 74.0 Å². The molecule has 0 fully saturated rings. The van der Waals surface area contributed by atoms with E-state index in [4.69, 9.17) is 14.5 Å². The Balaban J connectivity index is 1.58. The smallest absolute Gasteiger partial charge is 0.234 e. The van der Waals surface area contributed by atoms with Crippen molar-refractivity contribution in [2.45, 2.75) is 19.0 Å². The number of amides is 1. The van der Waals surface area contributed by atoms with Crippen LogP contribution in [0.5, 0.6) is 11.5 Å². The van der Waals surface area contributed by atoms with Crippen molar-refractivity contribution < 1.29 is 14.3 Å². The van der Waals surface area contributed by atoms with Gasteiger partial charge in [0, 0.05) is 23.1 Å². The van der Waals surface area contributed by atoms with E-state index in [1.54, 1.807) is 7.11 Å². The number of rotatable bonds is 9. The van der Waals surface area contributed by atoms with Crippen molar-refractivity contribution in [3.05, 3.63) is 84.6 Å². The van der Waals surface area contributed by atoms with E-state index in [9.17, 15) is 4.79 Å². The first-order valence-electron chi connectivity index (χ1n) is 11.0. The van der Waals surface area contributed by atoms with Gasteiger partial charge in [0.15, 0.2) is 5.16 Å². The number of carbonyl (C=O) groups excluding carboxylic acids is 1. The Bertz CT molecular complexity index is 1250. The number of hydrogen-bond donors (Lipinski definition) is 1. The van der Waals surface area contributed by atoms with E-state index in [1.165, 1.54) is 11.8 Å². The lowest BCUT2D eigenvalue weighted by Crippen LogP contribution is -2.15. The third-order valence-electron chi connectivity index (χ3n) is 5.24. The molecule has 34 heavy (non-hydrogen) atoms. The first-order chi connectivity index (χ1) is 16.6. The van der Waals surface area contributed by atoms with Crippen molar-refractivity contribution in [1.29, 1.82) is 0 Å². The number of ether oxygens (including phenoxy) is 2. The standard InChI is InChI=1S/C27H27N3O3S/c1-4-33-23-13-9-20(10-14-23)25-17-30(21-11-15-22(32-3)16-12-21)27(29-25)34-18-26(31)28-24-8-6-5-7-19(24)2/h5-17H,4,18H2,1-3H3,(H,28,31). The number of anilines is 1. The van der Waals surface area contributed by atoms with Gasteiger partial charge in [-0.3, -0.25) is 9.36 Å². The van der Waals surface area contributed by atoms with Crippen molar-refractivity contribution in [2.24, 2.45) is 0 Å². The highest BCUT2D eigenvalue weighted by Crippen LogP contribution is 2.29. The molecule has 0 aliphatic carbocycles. The summed E-state index contributed by atoms with van der Waals surface area (Å²) in [6, 6.07) is 23.4. The maximum absolute atomic E-state index is 12.6. The van der Waals surface area contributed by atoms with E-state index in [-0.39, 0.29) is 11.7 Å². The lowest BCUT2D eigenvalue weighted by atomic mass is 10.1. The van der Waals surface area contributed by atoms with Gasteiger partial charge >= 0.3 is 0 Å². The summed E-state index contributed by atoms with van der Waals surface area (Å²) in [5.74, 6) is 1.77. The number of aromatic nitrogens is 2. The molecular weight excluding hydrogens is 446 g/mol. The van der Waals surface area contributed by atoms with Crippen LogP contribution in [-0.2, 0) is 4.79 Å². The zero-order valence-electron chi connectivity index (χ0n) is 19.4. The van der Waals surface area contributed by atoms with Crippen LogP contribution in [0.1, 0.15) is 12.5 Å². The molecule has 0 bridgehead atoms. The maximum Gasteiger partial charge on any atom is 0.234 e. The Labute approximate surface area is 203 Å². The fourth-order valence-corrected chi connectivity index (χ4v) is 4.24. The Hall–Kier alpha value is -3.71. The molecule has 174 valence electrons. The highest BCUT2D eigenvalue weighted by molar-refractivity contribution is 7.99. The molecule has 6 nitrogen and oxygen atoms in total. The molecule has 4 aromatic rings. The Morgan fingerprint density at radius 2 is 1.71 bits per heavy atom. The summed E-state index contributed by atoms with van der Waals surface area (Å²) in [6.45, 7) is 4.56. The minimum Gasteiger partial charge on any atom is -0.497 e. The molecule has 4 rings (SSSR count). The fourth-order valence-electron chi connectivity index (χ4n) is 3.45. The number of aryl methyl sites for hydroxylation is 1. The highest BCUT2D eigenvalue weighted by Gasteiger charge is 2.15. The van der Waals surface area contributed by atoms with Gasteiger partial charge in [-0.1, -0.05) is 30.0 Å². The molecule has 0 aliphatic heterocycles. The van der Waals surface area contributed by atoms with Crippen molar-refractivity contribution in [1.82, 2.24) is 9.55 Å². The molecule has 0 atom stereocenters. The second-order valence-corrected chi connectivity index (χ2v) is 8.53. The molecule has 1 amide bonds. The highest BCUT2D eigenvalue weighted by atomic mass is 32.2. The van der Waals surface area contributed by atoms with E-state index in [2.05, 4.69) is 5.32 Å². The first-order valence-corrected chi connectivity index (χ1v) is 12.0. The number of thioether (sulfide) groups is 1. The largest absolute Gasteiger partial charge is 0.497 e. The van der Waals surface area contributed by atoms with Gasteiger partial charge < -0.3 is 14.8 Å². The number of benzene rings is 3.